The Balaban J connectivity index is 1.80. The zero-order chi connectivity index (χ0) is 12.3. The summed E-state index contributed by atoms with van der Waals surface area (Å²) in [5.41, 5.74) is 1.30. The summed E-state index contributed by atoms with van der Waals surface area (Å²) in [7, 11) is 0. The van der Waals surface area contributed by atoms with E-state index in [9.17, 15) is 8.78 Å². The lowest BCUT2D eigenvalue weighted by molar-refractivity contribution is 0.420. The van der Waals surface area contributed by atoms with Gasteiger partial charge in [0.25, 0.3) is 0 Å². The second-order valence-corrected chi connectivity index (χ2v) is 5.10. The van der Waals surface area contributed by atoms with Crippen molar-refractivity contribution in [1.29, 1.82) is 0 Å². The molecule has 3 heteroatoms. The molecule has 94 valence electrons. The van der Waals surface area contributed by atoms with Crippen LogP contribution in [0, 0.1) is 17.0 Å². The van der Waals surface area contributed by atoms with Crippen LogP contribution in [0.25, 0.3) is 0 Å². The van der Waals surface area contributed by atoms with E-state index in [4.69, 9.17) is 0 Å². The van der Waals surface area contributed by atoms with Crippen LogP contribution in [0.3, 0.4) is 0 Å². The van der Waals surface area contributed by atoms with Gasteiger partial charge in [0.05, 0.1) is 0 Å². The molecule has 0 spiro atoms. The average molecular weight is 239 g/mol. The van der Waals surface area contributed by atoms with Gasteiger partial charge >= 0.3 is 0 Å². The second-order valence-electron chi connectivity index (χ2n) is 5.10. The standard InChI is InChI=1S/C14H19F2N/c1-2-5-14(6-7-14)10-17-9-11-3-4-12(15)13(16)8-11/h3-4,8,17H,2,5-7,9-10H2,1H3. The van der Waals surface area contributed by atoms with E-state index in [1.807, 2.05) is 0 Å². The molecule has 1 N–H and O–H groups in total. The van der Waals surface area contributed by atoms with Gasteiger partial charge in [0, 0.05) is 13.1 Å². The summed E-state index contributed by atoms with van der Waals surface area (Å²) in [5.74, 6) is -1.54. The van der Waals surface area contributed by atoms with Crippen molar-refractivity contribution in [2.75, 3.05) is 6.54 Å². The molecule has 2 rings (SSSR count). The lowest BCUT2D eigenvalue weighted by Crippen LogP contribution is -2.23. The van der Waals surface area contributed by atoms with E-state index in [2.05, 4.69) is 12.2 Å². The lowest BCUT2D eigenvalue weighted by atomic mass is 10.0. The zero-order valence-electron chi connectivity index (χ0n) is 10.2. The van der Waals surface area contributed by atoms with Gasteiger partial charge in [-0.25, -0.2) is 8.78 Å². The monoisotopic (exact) mass is 239 g/mol. The van der Waals surface area contributed by atoms with E-state index in [-0.39, 0.29) is 0 Å². The Morgan fingerprint density at radius 3 is 2.59 bits per heavy atom. The van der Waals surface area contributed by atoms with Crippen molar-refractivity contribution < 1.29 is 8.78 Å². The van der Waals surface area contributed by atoms with Crippen LogP contribution in [0.1, 0.15) is 38.2 Å². The quantitative estimate of drug-likeness (QED) is 0.799. The lowest BCUT2D eigenvalue weighted by Gasteiger charge is -2.14. The van der Waals surface area contributed by atoms with Gasteiger partial charge in [0.1, 0.15) is 0 Å². The Labute approximate surface area is 101 Å². The van der Waals surface area contributed by atoms with Crippen molar-refractivity contribution in [3.63, 3.8) is 0 Å². The first-order valence-electron chi connectivity index (χ1n) is 6.30. The Morgan fingerprint density at radius 1 is 1.24 bits per heavy atom. The van der Waals surface area contributed by atoms with Crippen molar-refractivity contribution in [3.8, 4) is 0 Å². The summed E-state index contributed by atoms with van der Waals surface area (Å²) >= 11 is 0. The molecular formula is C14H19F2N. The molecule has 1 aliphatic rings. The van der Waals surface area contributed by atoms with Crippen LogP contribution < -0.4 is 5.32 Å². The van der Waals surface area contributed by atoms with Crippen LogP contribution in [0.15, 0.2) is 18.2 Å². The van der Waals surface area contributed by atoms with Crippen molar-refractivity contribution in [3.05, 3.63) is 35.4 Å². The van der Waals surface area contributed by atoms with Gasteiger partial charge in [-0.1, -0.05) is 19.4 Å². The van der Waals surface area contributed by atoms with E-state index >= 15 is 0 Å². The highest BCUT2D eigenvalue weighted by Crippen LogP contribution is 2.48. The molecule has 0 amide bonds. The first-order valence-corrected chi connectivity index (χ1v) is 6.30. The van der Waals surface area contributed by atoms with Crippen LogP contribution >= 0.6 is 0 Å². The maximum Gasteiger partial charge on any atom is 0.159 e. The van der Waals surface area contributed by atoms with Crippen LogP contribution in [0.4, 0.5) is 8.78 Å². The van der Waals surface area contributed by atoms with Crippen LogP contribution in [-0.4, -0.2) is 6.54 Å². The van der Waals surface area contributed by atoms with E-state index in [0.29, 0.717) is 12.0 Å². The number of rotatable bonds is 6. The molecule has 0 radical (unpaired) electrons. The molecule has 0 bridgehead atoms. The van der Waals surface area contributed by atoms with E-state index in [1.165, 1.54) is 37.8 Å². The molecule has 0 unspecified atom stereocenters. The minimum atomic E-state index is -0.779. The highest BCUT2D eigenvalue weighted by atomic mass is 19.2. The van der Waals surface area contributed by atoms with Crippen molar-refractivity contribution >= 4 is 0 Å². The molecule has 0 heterocycles. The van der Waals surface area contributed by atoms with Crippen molar-refractivity contribution in [1.82, 2.24) is 5.32 Å². The SMILES string of the molecule is CCCC1(CNCc2ccc(F)c(F)c2)CC1. The van der Waals surface area contributed by atoms with Gasteiger partial charge in [-0.05, 0) is 42.4 Å². The molecule has 0 aliphatic heterocycles. The predicted molar refractivity (Wildman–Crippen MR) is 64.6 cm³/mol. The third-order valence-corrected chi connectivity index (χ3v) is 3.55. The highest BCUT2D eigenvalue weighted by Gasteiger charge is 2.40. The average Bonchev–Trinajstić information content (AvgIpc) is 3.04. The molecule has 1 nitrogen and oxygen atoms in total. The number of benzene rings is 1. The zero-order valence-corrected chi connectivity index (χ0v) is 10.2. The molecule has 1 saturated carbocycles. The number of halogens is 2. The van der Waals surface area contributed by atoms with Gasteiger partial charge in [-0.3, -0.25) is 0 Å². The van der Waals surface area contributed by atoms with Gasteiger partial charge in [-0.2, -0.15) is 0 Å². The molecule has 1 aromatic carbocycles. The van der Waals surface area contributed by atoms with Gasteiger partial charge in [-0.15, -0.1) is 0 Å². The van der Waals surface area contributed by atoms with E-state index in [0.717, 1.165) is 12.1 Å². The highest BCUT2D eigenvalue weighted by molar-refractivity contribution is 5.17. The Hall–Kier alpha value is -0.960. The summed E-state index contributed by atoms with van der Waals surface area (Å²) in [6.45, 7) is 3.80. The summed E-state index contributed by atoms with van der Waals surface area (Å²) in [4.78, 5) is 0. The number of hydrogen-bond donors (Lipinski definition) is 1. The van der Waals surface area contributed by atoms with Gasteiger partial charge < -0.3 is 5.32 Å². The molecule has 0 atom stereocenters. The number of nitrogens with one attached hydrogen (secondary N) is 1. The Bertz CT molecular complexity index is 386. The summed E-state index contributed by atoms with van der Waals surface area (Å²) in [6, 6.07) is 4.08. The smallest absolute Gasteiger partial charge is 0.159 e. The molecule has 0 saturated heterocycles. The van der Waals surface area contributed by atoms with Crippen LogP contribution in [0.2, 0.25) is 0 Å². The maximum absolute atomic E-state index is 13.0. The minimum Gasteiger partial charge on any atom is -0.312 e. The van der Waals surface area contributed by atoms with Gasteiger partial charge in [0.15, 0.2) is 11.6 Å². The molecule has 1 aliphatic carbocycles. The van der Waals surface area contributed by atoms with E-state index < -0.39 is 11.6 Å². The predicted octanol–water partition coefficient (Wildman–Crippen LogP) is 3.63. The molecular weight excluding hydrogens is 220 g/mol. The first kappa shape index (κ1) is 12.5. The van der Waals surface area contributed by atoms with Gasteiger partial charge in [0.2, 0.25) is 0 Å². The molecule has 1 fully saturated rings. The minimum absolute atomic E-state index is 0.493. The molecule has 1 aromatic rings. The van der Waals surface area contributed by atoms with Crippen molar-refractivity contribution in [2.24, 2.45) is 5.41 Å². The Morgan fingerprint density at radius 2 is 2.00 bits per heavy atom. The summed E-state index contributed by atoms with van der Waals surface area (Å²) in [5, 5.41) is 3.35. The van der Waals surface area contributed by atoms with Crippen molar-refractivity contribution in [2.45, 2.75) is 39.2 Å². The maximum atomic E-state index is 13.0. The second kappa shape index (κ2) is 5.13. The Kier molecular flexibility index (Phi) is 3.77. The third kappa shape index (κ3) is 3.25. The topological polar surface area (TPSA) is 12.0 Å². The van der Waals surface area contributed by atoms with Crippen LogP contribution in [-0.2, 0) is 6.54 Å². The first-order chi connectivity index (χ1) is 8.15. The number of hydrogen-bond acceptors (Lipinski definition) is 1. The largest absolute Gasteiger partial charge is 0.312 e. The normalized spacial score (nSPS) is 17.1. The fraction of sp³-hybridized carbons (Fsp3) is 0.571. The van der Waals surface area contributed by atoms with Crippen LogP contribution in [0.5, 0.6) is 0 Å². The van der Waals surface area contributed by atoms with E-state index in [1.54, 1.807) is 6.07 Å². The summed E-state index contributed by atoms with van der Waals surface area (Å²) < 4.78 is 25.7. The molecule has 0 aromatic heterocycles. The summed E-state index contributed by atoms with van der Waals surface area (Å²) in [6.07, 6.45) is 5.07. The fourth-order valence-corrected chi connectivity index (χ4v) is 2.34. The molecule has 17 heavy (non-hydrogen) atoms. The third-order valence-electron chi connectivity index (χ3n) is 3.55. The fourth-order valence-electron chi connectivity index (χ4n) is 2.34.